The van der Waals surface area contributed by atoms with Crippen LogP contribution < -0.4 is 10.6 Å². The topological polar surface area (TPSA) is 54.0 Å². The fourth-order valence-corrected chi connectivity index (χ4v) is 2.58. The average Bonchev–Trinajstić information content (AvgIpc) is 2.48. The first-order valence-corrected chi connectivity index (χ1v) is 7.28. The molecule has 1 amide bonds. The standard InChI is InChI=1S/C15H14BrN3O/c16-11-4-5-14(18-9-11)15(20)19-13-3-1-2-10-8-17-7-6-12(10)13/h1-5,9,17H,6-8H2,(H,19,20). The zero-order valence-corrected chi connectivity index (χ0v) is 12.4. The highest BCUT2D eigenvalue weighted by Gasteiger charge is 2.15. The highest BCUT2D eigenvalue weighted by Crippen LogP contribution is 2.23. The van der Waals surface area contributed by atoms with Crippen LogP contribution in [0, 0.1) is 0 Å². The number of amides is 1. The van der Waals surface area contributed by atoms with E-state index in [0.29, 0.717) is 5.69 Å². The van der Waals surface area contributed by atoms with Crippen molar-refractivity contribution in [3.05, 3.63) is 57.8 Å². The fourth-order valence-electron chi connectivity index (χ4n) is 2.35. The minimum Gasteiger partial charge on any atom is -0.320 e. The van der Waals surface area contributed by atoms with Gasteiger partial charge in [0.25, 0.3) is 5.91 Å². The van der Waals surface area contributed by atoms with Crippen LogP contribution in [0.25, 0.3) is 0 Å². The number of fused-ring (bicyclic) bond motifs is 1. The number of hydrogen-bond acceptors (Lipinski definition) is 3. The molecule has 0 saturated carbocycles. The summed E-state index contributed by atoms with van der Waals surface area (Å²) in [4.78, 5) is 16.3. The van der Waals surface area contributed by atoms with Gasteiger partial charge in [-0.3, -0.25) is 4.79 Å². The lowest BCUT2D eigenvalue weighted by molar-refractivity contribution is 0.102. The van der Waals surface area contributed by atoms with E-state index in [1.54, 1.807) is 12.3 Å². The summed E-state index contributed by atoms with van der Waals surface area (Å²) in [6, 6.07) is 9.52. The van der Waals surface area contributed by atoms with Gasteiger partial charge in [0, 0.05) is 22.9 Å². The van der Waals surface area contributed by atoms with Gasteiger partial charge in [-0.25, -0.2) is 4.98 Å². The van der Waals surface area contributed by atoms with Gasteiger partial charge >= 0.3 is 0 Å². The van der Waals surface area contributed by atoms with E-state index in [1.165, 1.54) is 11.1 Å². The molecule has 0 fully saturated rings. The zero-order chi connectivity index (χ0) is 13.9. The summed E-state index contributed by atoms with van der Waals surface area (Å²) in [7, 11) is 0. The largest absolute Gasteiger partial charge is 0.320 e. The molecule has 2 N–H and O–H groups in total. The van der Waals surface area contributed by atoms with E-state index in [9.17, 15) is 4.79 Å². The number of aromatic nitrogens is 1. The number of hydrogen-bond donors (Lipinski definition) is 2. The summed E-state index contributed by atoms with van der Waals surface area (Å²) in [6.45, 7) is 1.80. The summed E-state index contributed by atoms with van der Waals surface area (Å²) in [5, 5.41) is 6.29. The molecule has 2 aromatic rings. The molecule has 1 aliphatic rings. The van der Waals surface area contributed by atoms with E-state index in [0.717, 1.165) is 29.7 Å². The highest BCUT2D eigenvalue weighted by atomic mass is 79.9. The van der Waals surface area contributed by atoms with Crippen LogP contribution in [-0.4, -0.2) is 17.4 Å². The van der Waals surface area contributed by atoms with Gasteiger partial charge in [0.05, 0.1) is 0 Å². The Morgan fingerprint density at radius 2 is 2.20 bits per heavy atom. The van der Waals surface area contributed by atoms with Crippen LogP contribution in [0.2, 0.25) is 0 Å². The third-order valence-electron chi connectivity index (χ3n) is 3.35. The summed E-state index contributed by atoms with van der Waals surface area (Å²) < 4.78 is 0.859. The molecule has 1 aromatic carbocycles. The number of anilines is 1. The monoisotopic (exact) mass is 331 g/mol. The second-order valence-electron chi connectivity index (χ2n) is 4.69. The molecule has 0 unspecified atom stereocenters. The van der Waals surface area contributed by atoms with Crippen molar-refractivity contribution in [3.8, 4) is 0 Å². The second-order valence-corrected chi connectivity index (χ2v) is 5.60. The molecule has 2 heterocycles. The maximum Gasteiger partial charge on any atom is 0.274 e. The Morgan fingerprint density at radius 1 is 1.30 bits per heavy atom. The normalized spacial score (nSPS) is 13.7. The first-order chi connectivity index (χ1) is 9.74. The molecule has 0 atom stereocenters. The van der Waals surface area contributed by atoms with E-state index in [-0.39, 0.29) is 5.91 Å². The molecule has 5 heteroatoms. The molecule has 1 aliphatic heterocycles. The van der Waals surface area contributed by atoms with Gasteiger partial charge in [-0.1, -0.05) is 12.1 Å². The Hall–Kier alpha value is -1.72. The van der Waals surface area contributed by atoms with Crippen molar-refractivity contribution in [2.75, 3.05) is 11.9 Å². The Kier molecular flexibility index (Phi) is 3.80. The van der Waals surface area contributed by atoms with Crippen molar-refractivity contribution in [1.29, 1.82) is 0 Å². The second kappa shape index (κ2) is 5.73. The third kappa shape index (κ3) is 2.73. The van der Waals surface area contributed by atoms with Gasteiger partial charge in [0.2, 0.25) is 0 Å². The minimum atomic E-state index is -0.176. The Labute approximate surface area is 125 Å². The number of carbonyl (C=O) groups is 1. The molecule has 0 saturated heterocycles. The van der Waals surface area contributed by atoms with Gasteiger partial charge < -0.3 is 10.6 Å². The number of carbonyl (C=O) groups excluding carboxylic acids is 1. The first-order valence-electron chi connectivity index (χ1n) is 6.48. The molecular weight excluding hydrogens is 318 g/mol. The number of pyridine rings is 1. The van der Waals surface area contributed by atoms with Crippen molar-refractivity contribution < 1.29 is 4.79 Å². The van der Waals surface area contributed by atoms with Crippen LogP contribution in [0.4, 0.5) is 5.69 Å². The van der Waals surface area contributed by atoms with Crippen molar-refractivity contribution in [1.82, 2.24) is 10.3 Å². The molecule has 4 nitrogen and oxygen atoms in total. The smallest absolute Gasteiger partial charge is 0.274 e. The van der Waals surface area contributed by atoms with Crippen LogP contribution in [0.3, 0.4) is 0 Å². The predicted molar refractivity (Wildman–Crippen MR) is 81.7 cm³/mol. The third-order valence-corrected chi connectivity index (χ3v) is 3.82. The molecule has 0 spiro atoms. The van der Waals surface area contributed by atoms with E-state index in [2.05, 4.69) is 37.6 Å². The van der Waals surface area contributed by atoms with E-state index < -0.39 is 0 Å². The lowest BCUT2D eigenvalue weighted by Gasteiger charge is -2.20. The van der Waals surface area contributed by atoms with Crippen molar-refractivity contribution >= 4 is 27.5 Å². The number of rotatable bonds is 2. The Bertz CT molecular complexity index is 640. The molecule has 20 heavy (non-hydrogen) atoms. The Morgan fingerprint density at radius 3 is 3.00 bits per heavy atom. The van der Waals surface area contributed by atoms with Gasteiger partial charge in [-0.05, 0) is 58.2 Å². The van der Waals surface area contributed by atoms with Gasteiger partial charge in [-0.15, -0.1) is 0 Å². The first kappa shape index (κ1) is 13.3. The summed E-state index contributed by atoms with van der Waals surface area (Å²) in [6.07, 6.45) is 2.55. The molecule has 0 aliphatic carbocycles. The summed E-state index contributed by atoms with van der Waals surface area (Å²) >= 11 is 3.31. The molecule has 1 aromatic heterocycles. The van der Waals surface area contributed by atoms with E-state index >= 15 is 0 Å². The van der Waals surface area contributed by atoms with Crippen molar-refractivity contribution in [2.24, 2.45) is 0 Å². The maximum atomic E-state index is 12.2. The van der Waals surface area contributed by atoms with Crippen LogP contribution >= 0.6 is 15.9 Å². The van der Waals surface area contributed by atoms with Crippen LogP contribution in [0.15, 0.2) is 41.0 Å². The number of nitrogens with zero attached hydrogens (tertiary/aromatic N) is 1. The molecule has 0 bridgehead atoms. The quantitative estimate of drug-likeness (QED) is 0.889. The predicted octanol–water partition coefficient (Wildman–Crippen LogP) is 2.74. The van der Waals surface area contributed by atoms with E-state index in [1.807, 2.05) is 18.2 Å². The summed E-state index contributed by atoms with van der Waals surface area (Å²) in [5.41, 5.74) is 3.77. The molecular formula is C15H14BrN3O. The highest BCUT2D eigenvalue weighted by molar-refractivity contribution is 9.10. The summed E-state index contributed by atoms with van der Waals surface area (Å²) in [5.74, 6) is -0.176. The van der Waals surface area contributed by atoms with Crippen molar-refractivity contribution in [2.45, 2.75) is 13.0 Å². The number of nitrogens with one attached hydrogen (secondary N) is 2. The van der Waals surface area contributed by atoms with Gasteiger partial charge in [-0.2, -0.15) is 0 Å². The van der Waals surface area contributed by atoms with Gasteiger partial charge in [0.1, 0.15) is 5.69 Å². The minimum absolute atomic E-state index is 0.176. The molecule has 0 radical (unpaired) electrons. The fraction of sp³-hybridized carbons (Fsp3) is 0.200. The van der Waals surface area contributed by atoms with Crippen LogP contribution in [0.5, 0.6) is 0 Å². The van der Waals surface area contributed by atoms with Crippen molar-refractivity contribution in [3.63, 3.8) is 0 Å². The lowest BCUT2D eigenvalue weighted by atomic mass is 9.99. The van der Waals surface area contributed by atoms with Crippen LogP contribution in [0.1, 0.15) is 21.6 Å². The van der Waals surface area contributed by atoms with Gasteiger partial charge in [0.15, 0.2) is 0 Å². The SMILES string of the molecule is O=C(Nc1cccc2c1CCNC2)c1ccc(Br)cn1. The zero-order valence-electron chi connectivity index (χ0n) is 10.8. The van der Waals surface area contributed by atoms with E-state index in [4.69, 9.17) is 0 Å². The van der Waals surface area contributed by atoms with Crippen LogP contribution in [-0.2, 0) is 13.0 Å². The maximum absolute atomic E-state index is 12.2. The Balaban J connectivity index is 1.84. The number of halogens is 1. The molecule has 3 rings (SSSR count). The average molecular weight is 332 g/mol. The molecule has 102 valence electrons. The lowest BCUT2D eigenvalue weighted by Crippen LogP contribution is -2.25. The number of benzene rings is 1.